The molecule has 0 saturated carbocycles. The van der Waals surface area contributed by atoms with E-state index in [0.717, 1.165) is 25.7 Å². The van der Waals surface area contributed by atoms with Crippen LogP contribution in [0.25, 0.3) is 0 Å². The number of allylic oxidation sites excluding steroid dienone is 2. The average Bonchev–Trinajstić information content (AvgIpc) is 2.05. The smallest absolute Gasteiger partial charge is 0.0276 e. The van der Waals surface area contributed by atoms with E-state index in [-0.39, 0.29) is 0 Å². The minimum atomic E-state index is 1.03. The van der Waals surface area contributed by atoms with Crippen LogP contribution in [0.15, 0.2) is 30.3 Å². The molecule has 0 aliphatic carbocycles. The first-order valence-corrected chi connectivity index (χ1v) is 4.01. The first kappa shape index (κ1) is 10.2. The average molecular weight is 151 g/mol. The zero-order valence-electron chi connectivity index (χ0n) is 7.34. The van der Waals surface area contributed by atoms with Gasteiger partial charge in [-0.2, -0.15) is 0 Å². The number of hydrogen-bond acceptors (Lipinski definition) is 1. The number of aliphatic imine (C=N–C) groups is 1. The van der Waals surface area contributed by atoms with Crippen LogP contribution in [0, 0.1) is 0 Å². The topological polar surface area (TPSA) is 12.4 Å². The van der Waals surface area contributed by atoms with Crippen molar-refractivity contribution >= 4 is 5.71 Å². The van der Waals surface area contributed by atoms with Gasteiger partial charge >= 0.3 is 0 Å². The van der Waals surface area contributed by atoms with Crippen molar-refractivity contribution in [3.8, 4) is 0 Å². The van der Waals surface area contributed by atoms with Crippen molar-refractivity contribution in [3.63, 3.8) is 0 Å². The summed E-state index contributed by atoms with van der Waals surface area (Å²) in [6, 6.07) is 0. The fourth-order valence-electron chi connectivity index (χ4n) is 0.886. The SMILES string of the molecule is C=CCCC(CCC=C)=NC. The van der Waals surface area contributed by atoms with Gasteiger partial charge < -0.3 is 0 Å². The van der Waals surface area contributed by atoms with Crippen LogP contribution in [-0.2, 0) is 0 Å². The van der Waals surface area contributed by atoms with E-state index < -0.39 is 0 Å². The molecule has 1 heteroatoms. The summed E-state index contributed by atoms with van der Waals surface area (Å²) in [6.45, 7) is 7.34. The van der Waals surface area contributed by atoms with Gasteiger partial charge in [-0.1, -0.05) is 12.2 Å². The molecule has 0 heterocycles. The Labute approximate surface area is 69.5 Å². The third-order valence-corrected chi connectivity index (χ3v) is 1.59. The minimum Gasteiger partial charge on any atom is -0.297 e. The third kappa shape index (κ3) is 5.59. The summed E-state index contributed by atoms with van der Waals surface area (Å²) in [5.74, 6) is 0. The predicted molar refractivity (Wildman–Crippen MR) is 52.2 cm³/mol. The van der Waals surface area contributed by atoms with Gasteiger partial charge in [0.1, 0.15) is 0 Å². The van der Waals surface area contributed by atoms with Gasteiger partial charge in [0.15, 0.2) is 0 Å². The number of nitrogens with zero attached hydrogens (tertiary/aromatic N) is 1. The molecular weight excluding hydrogens is 134 g/mol. The molecule has 0 saturated heterocycles. The van der Waals surface area contributed by atoms with E-state index in [1.807, 2.05) is 19.2 Å². The summed E-state index contributed by atoms with van der Waals surface area (Å²) in [4.78, 5) is 4.18. The Balaban J connectivity index is 3.58. The highest BCUT2D eigenvalue weighted by Crippen LogP contribution is 2.01. The van der Waals surface area contributed by atoms with E-state index in [4.69, 9.17) is 0 Å². The van der Waals surface area contributed by atoms with E-state index in [1.54, 1.807) is 0 Å². The monoisotopic (exact) mass is 151 g/mol. The summed E-state index contributed by atoms with van der Waals surface area (Å²) in [7, 11) is 1.85. The lowest BCUT2D eigenvalue weighted by Crippen LogP contribution is -1.96. The Hall–Kier alpha value is -0.850. The van der Waals surface area contributed by atoms with Crippen LogP contribution in [0.1, 0.15) is 25.7 Å². The molecular formula is C10H17N. The second-order valence-electron chi connectivity index (χ2n) is 2.44. The normalized spacial score (nSPS) is 8.82. The van der Waals surface area contributed by atoms with Crippen LogP contribution in [0.4, 0.5) is 0 Å². The summed E-state index contributed by atoms with van der Waals surface area (Å²) in [5.41, 5.74) is 1.27. The fourth-order valence-corrected chi connectivity index (χ4v) is 0.886. The molecule has 0 aromatic carbocycles. The van der Waals surface area contributed by atoms with Gasteiger partial charge in [-0.3, -0.25) is 4.99 Å². The molecule has 0 unspecified atom stereocenters. The first-order valence-electron chi connectivity index (χ1n) is 4.01. The first-order chi connectivity index (χ1) is 5.35. The summed E-state index contributed by atoms with van der Waals surface area (Å²) in [5, 5.41) is 0. The highest BCUT2D eigenvalue weighted by molar-refractivity contribution is 5.84. The van der Waals surface area contributed by atoms with Gasteiger partial charge in [0.05, 0.1) is 0 Å². The Morgan fingerprint density at radius 3 is 1.91 bits per heavy atom. The highest BCUT2D eigenvalue weighted by atomic mass is 14.7. The lowest BCUT2D eigenvalue weighted by atomic mass is 10.1. The lowest BCUT2D eigenvalue weighted by molar-refractivity contribution is 0.995. The maximum Gasteiger partial charge on any atom is 0.0276 e. The van der Waals surface area contributed by atoms with Gasteiger partial charge in [0.25, 0.3) is 0 Å². The Bertz CT molecular complexity index is 131. The van der Waals surface area contributed by atoms with Crippen molar-refractivity contribution in [3.05, 3.63) is 25.3 Å². The van der Waals surface area contributed by atoms with E-state index in [0.29, 0.717) is 0 Å². The van der Waals surface area contributed by atoms with Crippen LogP contribution in [-0.4, -0.2) is 12.8 Å². The van der Waals surface area contributed by atoms with Gasteiger partial charge in [-0.25, -0.2) is 0 Å². The predicted octanol–water partition coefficient (Wildman–Crippen LogP) is 2.99. The molecule has 0 aliphatic rings. The summed E-state index contributed by atoms with van der Waals surface area (Å²) in [6.07, 6.45) is 8.02. The van der Waals surface area contributed by atoms with Crippen molar-refractivity contribution in [1.82, 2.24) is 0 Å². The van der Waals surface area contributed by atoms with Crippen LogP contribution in [0.3, 0.4) is 0 Å². The highest BCUT2D eigenvalue weighted by Gasteiger charge is 1.94. The third-order valence-electron chi connectivity index (χ3n) is 1.59. The largest absolute Gasteiger partial charge is 0.297 e. The van der Waals surface area contributed by atoms with Crippen LogP contribution < -0.4 is 0 Å². The van der Waals surface area contributed by atoms with Gasteiger partial charge in [0, 0.05) is 12.8 Å². The second kappa shape index (κ2) is 7.26. The van der Waals surface area contributed by atoms with E-state index in [2.05, 4.69) is 18.2 Å². The quantitative estimate of drug-likeness (QED) is 0.409. The molecule has 0 rings (SSSR count). The fraction of sp³-hybridized carbons (Fsp3) is 0.500. The standard InChI is InChI=1S/C10H17N/c1-4-6-8-10(11-3)9-7-5-2/h4-5H,1-2,6-9H2,3H3. The zero-order chi connectivity index (χ0) is 8.53. The van der Waals surface area contributed by atoms with Crippen molar-refractivity contribution < 1.29 is 0 Å². The Morgan fingerprint density at radius 1 is 1.18 bits per heavy atom. The van der Waals surface area contributed by atoms with Crippen molar-refractivity contribution in [1.29, 1.82) is 0 Å². The van der Waals surface area contributed by atoms with Gasteiger partial charge in [-0.15, -0.1) is 13.2 Å². The summed E-state index contributed by atoms with van der Waals surface area (Å²) >= 11 is 0. The number of hydrogen-bond donors (Lipinski definition) is 0. The molecule has 0 fully saturated rings. The molecule has 1 nitrogen and oxygen atoms in total. The Kier molecular flexibility index (Phi) is 6.70. The van der Waals surface area contributed by atoms with E-state index >= 15 is 0 Å². The van der Waals surface area contributed by atoms with Gasteiger partial charge in [0.2, 0.25) is 0 Å². The van der Waals surface area contributed by atoms with E-state index in [9.17, 15) is 0 Å². The minimum absolute atomic E-state index is 1.03. The maximum atomic E-state index is 4.18. The molecule has 0 aromatic rings. The lowest BCUT2D eigenvalue weighted by Gasteiger charge is -2.00. The zero-order valence-corrected chi connectivity index (χ0v) is 7.34. The molecule has 0 amide bonds. The molecule has 11 heavy (non-hydrogen) atoms. The molecule has 62 valence electrons. The molecule has 0 bridgehead atoms. The van der Waals surface area contributed by atoms with Crippen molar-refractivity contribution in [2.75, 3.05) is 7.05 Å². The van der Waals surface area contributed by atoms with Gasteiger partial charge in [-0.05, 0) is 25.7 Å². The van der Waals surface area contributed by atoms with Crippen LogP contribution >= 0.6 is 0 Å². The van der Waals surface area contributed by atoms with E-state index in [1.165, 1.54) is 5.71 Å². The number of rotatable bonds is 6. The van der Waals surface area contributed by atoms with Crippen LogP contribution in [0.5, 0.6) is 0 Å². The molecule has 0 aliphatic heterocycles. The van der Waals surface area contributed by atoms with Crippen LogP contribution in [0.2, 0.25) is 0 Å². The molecule has 0 atom stereocenters. The summed E-state index contributed by atoms with van der Waals surface area (Å²) < 4.78 is 0. The second-order valence-corrected chi connectivity index (χ2v) is 2.44. The molecule has 0 N–H and O–H groups in total. The molecule has 0 spiro atoms. The maximum absolute atomic E-state index is 4.18. The Morgan fingerprint density at radius 2 is 1.64 bits per heavy atom. The molecule has 0 radical (unpaired) electrons. The van der Waals surface area contributed by atoms with Crippen molar-refractivity contribution in [2.24, 2.45) is 4.99 Å². The molecule has 0 aromatic heterocycles. The van der Waals surface area contributed by atoms with Crippen molar-refractivity contribution in [2.45, 2.75) is 25.7 Å².